The highest BCUT2D eigenvalue weighted by molar-refractivity contribution is 7.12. The molecule has 3 aromatic heterocycles. The van der Waals surface area contributed by atoms with E-state index in [0.717, 1.165) is 24.0 Å². The van der Waals surface area contributed by atoms with Crippen LogP contribution in [0.5, 0.6) is 0 Å². The van der Waals surface area contributed by atoms with Gasteiger partial charge in [0.1, 0.15) is 4.88 Å². The Morgan fingerprint density at radius 2 is 2.26 bits per heavy atom. The molecular formula is C16H13N3O3S. The van der Waals surface area contributed by atoms with Crippen LogP contribution in [0.2, 0.25) is 0 Å². The summed E-state index contributed by atoms with van der Waals surface area (Å²) in [6, 6.07) is 3.56. The van der Waals surface area contributed by atoms with Crippen molar-refractivity contribution in [2.45, 2.75) is 19.3 Å². The molecule has 1 fully saturated rings. The molecule has 3 aromatic rings. The molecule has 0 unspecified atom stereocenters. The number of carbonyl (C=O) groups is 2. The number of carboxylic acid groups (broad SMARTS) is 1. The van der Waals surface area contributed by atoms with Crippen LogP contribution in [0.15, 0.2) is 23.7 Å². The highest BCUT2D eigenvalue weighted by atomic mass is 32.1. The number of fused-ring (bicyclic) bond motifs is 1. The van der Waals surface area contributed by atoms with Gasteiger partial charge in [-0.3, -0.25) is 4.79 Å². The second kappa shape index (κ2) is 5.27. The highest BCUT2D eigenvalue weighted by Gasteiger charge is 2.24. The van der Waals surface area contributed by atoms with Gasteiger partial charge in [0.15, 0.2) is 11.9 Å². The Morgan fingerprint density at radius 3 is 2.91 bits per heavy atom. The van der Waals surface area contributed by atoms with E-state index in [1.165, 1.54) is 30.4 Å². The van der Waals surface area contributed by atoms with Gasteiger partial charge < -0.3 is 5.11 Å². The van der Waals surface area contributed by atoms with Crippen LogP contribution >= 0.6 is 11.3 Å². The lowest BCUT2D eigenvalue weighted by Gasteiger charge is -2.07. The molecule has 0 radical (unpaired) electrons. The van der Waals surface area contributed by atoms with Crippen LogP contribution in [-0.2, 0) is 6.42 Å². The molecule has 23 heavy (non-hydrogen) atoms. The van der Waals surface area contributed by atoms with Crippen molar-refractivity contribution in [3.05, 3.63) is 39.8 Å². The van der Waals surface area contributed by atoms with Gasteiger partial charge in [0.25, 0.3) is 0 Å². The van der Waals surface area contributed by atoms with Crippen molar-refractivity contribution in [1.29, 1.82) is 0 Å². The molecule has 0 amide bonds. The van der Waals surface area contributed by atoms with E-state index in [4.69, 9.17) is 5.11 Å². The molecule has 0 bridgehead atoms. The third kappa shape index (κ3) is 2.53. The predicted molar refractivity (Wildman–Crippen MR) is 85.1 cm³/mol. The quantitative estimate of drug-likeness (QED) is 0.728. The molecule has 1 aliphatic carbocycles. The number of carbonyl (C=O) groups excluding carboxylic acids is 1. The van der Waals surface area contributed by atoms with Gasteiger partial charge in [-0.15, -0.1) is 11.3 Å². The first kappa shape index (κ1) is 14.1. The zero-order valence-corrected chi connectivity index (χ0v) is 12.9. The number of hydrogen-bond donors (Lipinski definition) is 1. The smallest absolute Gasteiger partial charge is 0.345 e. The second-order valence-electron chi connectivity index (χ2n) is 5.74. The van der Waals surface area contributed by atoms with Gasteiger partial charge in [0.2, 0.25) is 0 Å². The fraction of sp³-hybridized carbons (Fsp3) is 0.250. The third-order valence-corrected chi connectivity index (χ3v) is 4.92. The zero-order chi connectivity index (χ0) is 16.0. The van der Waals surface area contributed by atoms with Gasteiger partial charge in [0.05, 0.1) is 17.5 Å². The molecular weight excluding hydrogens is 314 g/mol. The summed E-state index contributed by atoms with van der Waals surface area (Å²) in [5.41, 5.74) is 3.41. The first-order chi connectivity index (χ1) is 11.2. The summed E-state index contributed by atoms with van der Waals surface area (Å²) in [6.07, 6.45) is 5.58. The van der Waals surface area contributed by atoms with E-state index in [9.17, 15) is 9.59 Å². The second-order valence-corrected chi connectivity index (χ2v) is 6.65. The highest BCUT2D eigenvalue weighted by Crippen LogP contribution is 2.34. The normalized spacial score (nSPS) is 14.3. The first-order valence-corrected chi connectivity index (χ1v) is 8.18. The molecule has 4 rings (SSSR count). The third-order valence-electron chi connectivity index (χ3n) is 4.00. The van der Waals surface area contributed by atoms with Crippen molar-refractivity contribution in [1.82, 2.24) is 14.6 Å². The number of aromatic nitrogens is 3. The van der Waals surface area contributed by atoms with Crippen molar-refractivity contribution >= 4 is 29.2 Å². The van der Waals surface area contributed by atoms with Crippen molar-refractivity contribution < 1.29 is 14.7 Å². The fourth-order valence-electron chi connectivity index (χ4n) is 2.62. The molecule has 3 heterocycles. The number of carboxylic acids is 1. The Morgan fingerprint density at radius 1 is 1.43 bits per heavy atom. The summed E-state index contributed by atoms with van der Waals surface area (Å²) >= 11 is 1.17. The SMILES string of the molecule is O=Cc1cnn2c(CC3CC3)cc(-c3csc(C(=O)O)c3)nc12. The molecule has 1 N–H and O–H groups in total. The van der Waals surface area contributed by atoms with Crippen LogP contribution in [0.25, 0.3) is 16.9 Å². The van der Waals surface area contributed by atoms with E-state index in [0.29, 0.717) is 22.8 Å². The van der Waals surface area contributed by atoms with Crippen LogP contribution < -0.4 is 0 Å². The van der Waals surface area contributed by atoms with Gasteiger partial charge in [-0.1, -0.05) is 0 Å². The summed E-state index contributed by atoms with van der Waals surface area (Å²) in [6.45, 7) is 0. The maximum Gasteiger partial charge on any atom is 0.345 e. The fourth-order valence-corrected chi connectivity index (χ4v) is 3.36. The largest absolute Gasteiger partial charge is 0.477 e. The van der Waals surface area contributed by atoms with Crippen LogP contribution in [-0.4, -0.2) is 32.0 Å². The lowest BCUT2D eigenvalue weighted by molar-refractivity contribution is 0.0702. The number of hydrogen-bond acceptors (Lipinski definition) is 5. The Kier molecular flexibility index (Phi) is 3.23. The predicted octanol–water partition coefficient (Wildman–Crippen LogP) is 2.92. The maximum absolute atomic E-state index is 11.2. The van der Waals surface area contributed by atoms with E-state index in [1.807, 2.05) is 6.07 Å². The van der Waals surface area contributed by atoms with E-state index in [2.05, 4.69) is 10.1 Å². The van der Waals surface area contributed by atoms with Gasteiger partial charge in [0, 0.05) is 16.6 Å². The topological polar surface area (TPSA) is 84.6 Å². The van der Waals surface area contributed by atoms with E-state index in [-0.39, 0.29) is 4.88 Å². The number of rotatable bonds is 5. The van der Waals surface area contributed by atoms with Crippen LogP contribution in [0.1, 0.15) is 38.6 Å². The number of nitrogens with zero attached hydrogens (tertiary/aromatic N) is 3. The maximum atomic E-state index is 11.2. The average molecular weight is 327 g/mol. The minimum atomic E-state index is -0.946. The van der Waals surface area contributed by atoms with E-state index < -0.39 is 5.97 Å². The van der Waals surface area contributed by atoms with Crippen LogP contribution in [0.3, 0.4) is 0 Å². The molecule has 0 aliphatic heterocycles. The lowest BCUT2D eigenvalue weighted by atomic mass is 10.1. The zero-order valence-electron chi connectivity index (χ0n) is 12.1. The number of aromatic carboxylic acids is 1. The van der Waals surface area contributed by atoms with Gasteiger partial charge in [-0.25, -0.2) is 14.3 Å². The molecule has 0 aromatic carbocycles. The van der Waals surface area contributed by atoms with Crippen molar-refractivity contribution in [2.24, 2.45) is 5.92 Å². The molecule has 0 saturated heterocycles. The molecule has 0 spiro atoms. The van der Waals surface area contributed by atoms with Gasteiger partial charge in [-0.05, 0) is 37.3 Å². The van der Waals surface area contributed by atoms with E-state index in [1.54, 1.807) is 16.0 Å². The molecule has 116 valence electrons. The van der Waals surface area contributed by atoms with E-state index >= 15 is 0 Å². The standard InChI is InChI=1S/C16H13N3O3S/c20-7-11-6-17-19-12(3-9-1-2-9)5-13(18-15(11)19)10-4-14(16(21)22)23-8-10/h4-9H,1-3H2,(H,21,22). The molecule has 1 saturated carbocycles. The first-order valence-electron chi connectivity index (χ1n) is 7.30. The lowest BCUT2D eigenvalue weighted by Crippen LogP contribution is -2.03. The molecule has 6 nitrogen and oxygen atoms in total. The van der Waals surface area contributed by atoms with Gasteiger partial charge >= 0.3 is 5.97 Å². The van der Waals surface area contributed by atoms with Crippen LogP contribution in [0.4, 0.5) is 0 Å². The molecule has 1 aliphatic rings. The van der Waals surface area contributed by atoms with Crippen molar-refractivity contribution in [3.8, 4) is 11.3 Å². The summed E-state index contributed by atoms with van der Waals surface area (Å²) in [5, 5.41) is 15.1. The molecule has 7 heteroatoms. The minimum absolute atomic E-state index is 0.273. The Balaban J connectivity index is 1.87. The summed E-state index contributed by atoms with van der Waals surface area (Å²) in [5.74, 6) is -0.284. The van der Waals surface area contributed by atoms with Crippen molar-refractivity contribution in [2.75, 3.05) is 0 Å². The van der Waals surface area contributed by atoms with Gasteiger partial charge in [-0.2, -0.15) is 5.10 Å². The Bertz CT molecular complexity index is 924. The number of thiophene rings is 1. The monoisotopic (exact) mass is 327 g/mol. The van der Waals surface area contributed by atoms with Crippen molar-refractivity contribution in [3.63, 3.8) is 0 Å². The summed E-state index contributed by atoms with van der Waals surface area (Å²) < 4.78 is 1.72. The summed E-state index contributed by atoms with van der Waals surface area (Å²) in [7, 11) is 0. The molecule has 0 atom stereocenters. The Hall–Kier alpha value is -2.54. The average Bonchev–Trinajstić information content (AvgIpc) is 3.06. The Labute approximate surface area is 135 Å². The van der Waals surface area contributed by atoms with Crippen LogP contribution in [0, 0.1) is 5.92 Å². The summed E-state index contributed by atoms with van der Waals surface area (Å²) in [4.78, 5) is 27.1. The minimum Gasteiger partial charge on any atom is -0.477 e. The number of aldehydes is 1.